The Hall–Kier alpha value is -1.38. The Morgan fingerprint density at radius 1 is 1.54 bits per heavy atom. The van der Waals surface area contributed by atoms with Crippen molar-refractivity contribution in [2.45, 2.75) is 13.0 Å². The van der Waals surface area contributed by atoms with Crippen LogP contribution in [0.1, 0.15) is 6.92 Å². The number of hydrogen-bond donors (Lipinski definition) is 1. The first-order valence-electron chi connectivity index (χ1n) is 4.43. The summed E-state index contributed by atoms with van der Waals surface area (Å²) in [5.74, 6) is 0.889. The number of likely N-dealkylation sites (N-methyl/N-ethyl adjacent to an activating group) is 1. The SMILES string of the molecule is CC1COc2cc(N)ccc2N1C. The van der Waals surface area contributed by atoms with Crippen LogP contribution in [-0.4, -0.2) is 19.7 Å². The number of nitrogens with zero attached hydrogens (tertiary/aromatic N) is 1. The number of ether oxygens (including phenoxy) is 1. The van der Waals surface area contributed by atoms with Gasteiger partial charge >= 0.3 is 0 Å². The second-order valence-corrected chi connectivity index (χ2v) is 3.50. The highest BCUT2D eigenvalue weighted by Gasteiger charge is 2.20. The molecule has 0 aromatic heterocycles. The van der Waals surface area contributed by atoms with Crippen LogP contribution in [-0.2, 0) is 0 Å². The maximum absolute atomic E-state index is 5.66. The first kappa shape index (κ1) is 8.23. The van der Waals surface area contributed by atoms with Crippen LogP contribution < -0.4 is 15.4 Å². The number of benzene rings is 1. The maximum atomic E-state index is 5.66. The standard InChI is InChI=1S/C10H14N2O/c1-7-6-13-10-5-8(11)3-4-9(10)12(7)2/h3-5,7H,6,11H2,1-2H3. The van der Waals surface area contributed by atoms with Gasteiger partial charge in [-0.3, -0.25) is 0 Å². The van der Waals surface area contributed by atoms with Crippen molar-refractivity contribution in [1.29, 1.82) is 0 Å². The third-order valence-corrected chi connectivity index (χ3v) is 2.51. The lowest BCUT2D eigenvalue weighted by molar-refractivity contribution is 0.275. The van der Waals surface area contributed by atoms with Crippen molar-refractivity contribution >= 4 is 11.4 Å². The molecule has 0 aliphatic carbocycles. The van der Waals surface area contributed by atoms with Gasteiger partial charge in [-0.05, 0) is 19.1 Å². The molecule has 0 radical (unpaired) electrons. The van der Waals surface area contributed by atoms with Crippen molar-refractivity contribution in [2.24, 2.45) is 0 Å². The number of fused-ring (bicyclic) bond motifs is 1. The average molecular weight is 178 g/mol. The molecule has 1 aliphatic heterocycles. The fourth-order valence-electron chi connectivity index (χ4n) is 1.50. The highest BCUT2D eigenvalue weighted by atomic mass is 16.5. The Bertz CT molecular complexity index is 325. The van der Waals surface area contributed by atoms with Gasteiger partial charge in [0, 0.05) is 18.8 Å². The van der Waals surface area contributed by atoms with Crippen molar-refractivity contribution in [2.75, 3.05) is 24.3 Å². The van der Waals surface area contributed by atoms with Crippen molar-refractivity contribution in [3.8, 4) is 5.75 Å². The van der Waals surface area contributed by atoms with E-state index >= 15 is 0 Å². The van der Waals surface area contributed by atoms with Crippen LogP contribution in [0.25, 0.3) is 0 Å². The predicted molar refractivity (Wildman–Crippen MR) is 54.2 cm³/mol. The van der Waals surface area contributed by atoms with Crippen LogP contribution in [0, 0.1) is 0 Å². The summed E-state index contributed by atoms with van der Waals surface area (Å²) in [5.41, 5.74) is 7.53. The minimum absolute atomic E-state index is 0.427. The Kier molecular flexibility index (Phi) is 1.79. The molecule has 0 saturated heterocycles. The van der Waals surface area contributed by atoms with E-state index in [4.69, 9.17) is 10.5 Å². The molecule has 0 saturated carbocycles. The Morgan fingerprint density at radius 2 is 2.31 bits per heavy atom. The number of nitrogen functional groups attached to an aromatic ring is 1. The molecular weight excluding hydrogens is 164 g/mol. The van der Waals surface area contributed by atoms with E-state index < -0.39 is 0 Å². The highest BCUT2D eigenvalue weighted by Crippen LogP contribution is 2.33. The van der Waals surface area contributed by atoms with E-state index in [2.05, 4.69) is 18.9 Å². The molecule has 2 rings (SSSR count). The maximum Gasteiger partial charge on any atom is 0.144 e. The zero-order chi connectivity index (χ0) is 9.42. The number of anilines is 2. The van der Waals surface area contributed by atoms with Gasteiger partial charge in [-0.25, -0.2) is 0 Å². The molecule has 1 heterocycles. The van der Waals surface area contributed by atoms with E-state index in [1.165, 1.54) is 0 Å². The third-order valence-electron chi connectivity index (χ3n) is 2.51. The number of rotatable bonds is 0. The quantitative estimate of drug-likeness (QED) is 0.612. The van der Waals surface area contributed by atoms with Gasteiger partial charge in [0.15, 0.2) is 0 Å². The van der Waals surface area contributed by atoms with E-state index in [9.17, 15) is 0 Å². The lowest BCUT2D eigenvalue weighted by Gasteiger charge is -2.33. The normalized spacial score (nSPS) is 20.8. The van der Waals surface area contributed by atoms with Crippen molar-refractivity contribution in [1.82, 2.24) is 0 Å². The molecular formula is C10H14N2O. The molecule has 1 atom stereocenters. The summed E-state index contributed by atoms with van der Waals surface area (Å²) in [6.45, 7) is 2.87. The van der Waals surface area contributed by atoms with Crippen LogP contribution in [0.4, 0.5) is 11.4 Å². The smallest absolute Gasteiger partial charge is 0.144 e. The highest BCUT2D eigenvalue weighted by molar-refractivity contribution is 5.65. The minimum atomic E-state index is 0.427. The molecule has 1 unspecified atom stereocenters. The monoisotopic (exact) mass is 178 g/mol. The Morgan fingerprint density at radius 3 is 3.08 bits per heavy atom. The topological polar surface area (TPSA) is 38.5 Å². The minimum Gasteiger partial charge on any atom is -0.489 e. The molecule has 0 bridgehead atoms. The summed E-state index contributed by atoms with van der Waals surface area (Å²) >= 11 is 0. The van der Waals surface area contributed by atoms with Crippen LogP contribution >= 0.6 is 0 Å². The van der Waals surface area contributed by atoms with Gasteiger partial charge < -0.3 is 15.4 Å². The van der Waals surface area contributed by atoms with Gasteiger partial charge in [-0.2, -0.15) is 0 Å². The van der Waals surface area contributed by atoms with Gasteiger partial charge in [0.05, 0.1) is 11.7 Å². The lowest BCUT2D eigenvalue weighted by Crippen LogP contribution is -2.37. The fraction of sp³-hybridized carbons (Fsp3) is 0.400. The van der Waals surface area contributed by atoms with E-state index in [0.29, 0.717) is 6.04 Å². The molecule has 13 heavy (non-hydrogen) atoms. The van der Waals surface area contributed by atoms with Crippen molar-refractivity contribution < 1.29 is 4.74 Å². The summed E-state index contributed by atoms with van der Waals surface area (Å²) in [5, 5.41) is 0. The van der Waals surface area contributed by atoms with E-state index in [-0.39, 0.29) is 0 Å². The van der Waals surface area contributed by atoms with E-state index in [1.54, 1.807) is 0 Å². The second kappa shape index (κ2) is 2.83. The van der Waals surface area contributed by atoms with Gasteiger partial charge in [-0.1, -0.05) is 0 Å². The van der Waals surface area contributed by atoms with Crippen LogP contribution in [0.3, 0.4) is 0 Å². The molecule has 1 aliphatic rings. The zero-order valence-corrected chi connectivity index (χ0v) is 7.95. The van der Waals surface area contributed by atoms with Gasteiger partial charge in [0.1, 0.15) is 12.4 Å². The summed E-state index contributed by atoms with van der Waals surface area (Å²) in [7, 11) is 2.07. The molecule has 3 heteroatoms. The Labute approximate surface area is 78.1 Å². The summed E-state index contributed by atoms with van der Waals surface area (Å²) in [6.07, 6.45) is 0. The van der Waals surface area contributed by atoms with Crippen molar-refractivity contribution in [3.63, 3.8) is 0 Å². The molecule has 1 aromatic rings. The predicted octanol–water partition coefficient (Wildman–Crippen LogP) is 1.49. The Balaban J connectivity index is 2.44. The summed E-state index contributed by atoms with van der Waals surface area (Å²) in [4.78, 5) is 2.21. The van der Waals surface area contributed by atoms with Gasteiger partial charge in [0.25, 0.3) is 0 Å². The second-order valence-electron chi connectivity index (χ2n) is 3.50. The average Bonchev–Trinajstić information content (AvgIpc) is 2.12. The first-order valence-corrected chi connectivity index (χ1v) is 4.43. The van der Waals surface area contributed by atoms with Crippen LogP contribution in [0.5, 0.6) is 5.75 Å². The van der Waals surface area contributed by atoms with Crippen molar-refractivity contribution in [3.05, 3.63) is 18.2 Å². The molecule has 2 N–H and O–H groups in total. The van der Waals surface area contributed by atoms with Gasteiger partial charge in [0.2, 0.25) is 0 Å². The van der Waals surface area contributed by atoms with Crippen LogP contribution in [0.15, 0.2) is 18.2 Å². The molecule has 1 aromatic carbocycles. The van der Waals surface area contributed by atoms with E-state index in [1.807, 2.05) is 18.2 Å². The largest absolute Gasteiger partial charge is 0.489 e. The fourth-order valence-corrected chi connectivity index (χ4v) is 1.50. The molecule has 0 spiro atoms. The molecule has 70 valence electrons. The first-order chi connectivity index (χ1) is 6.18. The lowest BCUT2D eigenvalue weighted by atomic mass is 10.2. The molecule has 0 amide bonds. The zero-order valence-electron chi connectivity index (χ0n) is 7.95. The van der Waals surface area contributed by atoms with E-state index in [0.717, 1.165) is 23.7 Å². The summed E-state index contributed by atoms with van der Waals surface area (Å²) < 4.78 is 5.57. The number of hydrogen-bond acceptors (Lipinski definition) is 3. The van der Waals surface area contributed by atoms with Crippen LogP contribution in [0.2, 0.25) is 0 Å². The molecule has 3 nitrogen and oxygen atoms in total. The summed E-state index contributed by atoms with van der Waals surface area (Å²) in [6, 6.07) is 6.20. The number of nitrogens with two attached hydrogens (primary N) is 1. The molecule has 0 fully saturated rings. The van der Waals surface area contributed by atoms with Gasteiger partial charge in [-0.15, -0.1) is 0 Å². The third kappa shape index (κ3) is 1.30.